The molecule has 1 atom stereocenters. The van der Waals surface area contributed by atoms with Crippen LogP contribution >= 0.6 is 0 Å². The van der Waals surface area contributed by atoms with Gasteiger partial charge in [-0.3, -0.25) is 14.6 Å². The van der Waals surface area contributed by atoms with Crippen LogP contribution in [0.4, 0.5) is 4.39 Å². The quantitative estimate of drug-likeness (QED) is 0.432. The highest BCUT2D eigenvalue weighted by atomic mass is 19.1. The van der Waals surface area contributed by atoms with Crippen LogP contribution in [0.5, 0.6) is 5.75 Å². The van der Waals surface area contributed by atoms with Crippen LogP contribution in [-0.2, 0) is 26.2 Å². The van der Waals surface area contributed by atoms with Crippen molar-refractivity contribution in [1.82, 2.24) is 4.98 Å². The number of fused-ring (bicyclic) bond motifs is 3. The fraction of sp³-hybridized carbons (Fsp3) is 0.500. The minimum absolute atomic E-state index is 0.0415. The summed E-state index contributed by atoms with van der Waals surface area (Å²) in [7, 11) is 0. The zero-order chi connectivity index (χ0) is 25.9. The van der Waals surface area contributed by atoms with Crippen LogP contribution in [0.1, 0.15) is 75.5 Å². The van der Waals surface area contributed by atoms with Gasteiger partial charge < -0.3 is 14.2 Å². The van der Waals surface area contributed by atoms with Crippen molar-refractivity contribution in [1.29, 1.82) is 0 Å². The highest BCUT2D eigenvalue weighted by Crippen LogP contribution is 2.71. The molecule has 0 unspecified atom stereocenters. The molecule has 0 radical (unpaired) electrons. The molecule has 1 aromatic heterocycles. The second-order valence-corrected chi connectivity index (χ2v) is 11.4. The zero-order valence-electron chi connectivity index (χ0n) is 21.3. The van der Waals surface area contributed by atoms with E-state index in [1.165, 1.54) is 12.1 Å². The molecule has 2 spiro atoms. The monoisotopic (exact) mass is 494 g/mol. The van der Waals surface area contributed by atoms with Gasteiger partial charge in [0, 0.05) is 17.4 Å². The van der Waals surface area contributed by atoms with E-state index in [1.54, 1.807) is 0 Å². The maximum absolute atomic E-state index is 13.2. The van der Waals surface area contributed by atoms with E-state index in [0.29, 0.717) is 18.3 Å². The fourth-order valence-corrected chi connectivity index (χ4v) is 5.62. The summed E-state index contributed by atoms with van der Waals surface area (Å²) in [6.07, 6.45) is 2.93. The molecule has 36 heavy (non-hydrogen) atoms. The molecule has 8 heteroatoms. The Morgan fingerprint density at radius 2 is 1.86 bits per heavy atom. The van der Waals surface area contributed by atoms with Gasteiger partial charge in [0.1, 0.15) is 47.0 Å². The molecule has 0 N–H and O–H groups in total. The third-order valence-electron chi connectivity index (χ3n) is 7.41. The average Bonchev–Trinajstić information content (AvgIpc) is 3.50. The number of halogens is 1. The van der Waals surface area contributed by atoms with Crippen molar-refractivity contribution in [3.05, 3.63) is 59.2 Å². The number of hydrogen-bond donors (Lipinski definition) is 0. The molecular formula is C28H31FN2O5. The largest absolute Gasteiger partial charge is 0.487 e. The maximum Gasteiger partial charge on any atom is 0.315 e. The first kappa shape index (κ1) is 24.4. The lowest BCUT2D eigenvalue weighted by Gasteiger charge is -2.49. The molecule has 7 nitrogen and oxygen atoms in total. The Kier molecular flexibility index (Phi) is 5.50. The van der Waals surface area contributed by atoms with Gasteiger partial charge in [-0.15, -0.1) is 0 Å². The number of benzene rings is 1. The molecule has 1 aliphatic carbocycles. The number of pyridine rings is 1. The minimum atomic E-state index is -0.728. The number of ketones is 1. The van der Waals surface area contributed by atoms with Gasteiger partial charge in [0.2, 0.25) is 0 Å². The van der Waals surface area contributed by atoms with E-state index < -0.39 is 22.6 Å². The first-order chi connectivity index (χ1) is 16.8. The maximum atomic E-state index is 13.2. The van der Waals surface area contributed by atoms with Crippen molar-refractivity contribution in [2.75, 3.05) is 6.61 Å². The van der Waals surface area contributed by atoms with Crippen LogP contribution in [0.15, 0.2) is 41.5 Å². The number of Topliss-reactive ketones (excluding diaryl/α,β-unsaturated/α-hetero) is 1. The molecular weight excluding hydrogens is 463 g/mol. The topological polar surface area (TPSA) is 87.1 Å². The summed E-state index contributed by atoms with van der Waals surface area (Å²) in [4.78, 5) is 34.3. The Balaban J connectivity index is 1.50. The van der Waals surface area contributed by atoms with Crippen LogP contribution in [0.25, 0.3) is 0 Å². The number of aromatic nitrogens is 1. The molecule has 1 saturated carbocycles. The zero-order valence-corrected chi connectivity index (χ0v) is 21.3. The van der Waals surface area contributed by atoms with Gasteiger partial charge in [0.25, 0.3) is 0 Å². The number of aliphatic imine (C=N–C) groups is 1. The highest BCUT2D eigenvalue weighted by Gasteiger charge is 2.73. The van der Waals surface area contributed by atoms with E-state index in [4.69, 9.17) is 19.2 Å². The van der Waals surface area contributed by atoms with Crippen molar-refractivity contribution in [3.63, 3.8) is 0 Å². The van der Waals surface area contributed by atoms with Crippen LogP contribution in [0, 0.1) is 11.2 Å². The van der Waals surface area contributed by atoms with E-state index in [2.05, 4.69) is 18.8 Å². The minimum Gasteiger partial charge on any atom is -0.487 e. The highest BCUT2D eigenvalue weighted by molar-refractivity contribution is 5.96. The van der Waals surface area contributed by atoms with Gasteiger partial charge in [-0.25, -0.2) is 9.38 Å². The van der Waals surface area contributed by atoms with Crippen LogP contribution in [-0.4, -0.2) is 40.4 Å². The Labute approximate surface area is 210 Å². The first-order valence-corrected chi connectivity index (χ1v) is 12.2. The number of rotatable bonds is 5. The fourth-order valence-electron chi connectivity index (χ4n) is 5.62. The molecule has 1 aromatic carbocycles. The smallest absolute Gasteiger partial charge is 0.315 e. The molecule has 5 rings (SSSR count). The number of carbonyl (C=O) groups excluding carboxylic acids is 2. The third kappa shape index (κ3) is 4.06. The lowest BCUT2D eigenvalue weighted by molar-refractivity contribution is -0.153. The SMILES string of the molecule is CC(C)(C)OC(=O)CC1=N[C@@]2(CO1)c1cc(CC(=O)c3ccc(F)cn3)ccc1OC(C)(C)C21CC1. The van der Waals surface area contributed by atoms with Crippen molar-refractivity contribution in [2.24, 2.45) is 10.4 Å². The van der Waals surface area contributed by atoms with Crippen molar-refractivity contribution >= 4 is 17.7 Å². The van der Waals surface area contributed by atoms with Gasteiger partial charge in [0.15, 0.2) is 11.7 Å². The predicted molar refractivity (Wildman–Crippen MR) is 131 cm³/mol. The summed E-state index contributed by atoms with van der Waals surface area (Å²) >= 11 is 0. The number of ether oxygens (including phenoxy) is 3. The van der Waals surface area contributed by atoms with E-state index in [9.17, 15) is 14.0 Å². The first-order valence-electron chi connectivity index (χ1n) is 12.2. The molecule has 3 aliphatic rings. The molecule has 0 amide bonds. The van der Waals surface area contributed by atoms with E-state index in [1.807, 2.05) is 39.0 Å². The second-order valence-electron chi connectivity index (χ2n) is 11.4. The molecule has 0 saturated heterocycles. The molecule has 2 aliphatic heterocycles. The lowest BCUT2D eigenvalue weighted by Crippen LogP contribution is -2.55. The molecule has 190 valence electrons. The summed E-state index contributed by atoms with van der Waals surface area (Å²) in [5.41, 5.74) is -0.265. The van der Waals surface area contributed by atoms with E-state index in [-0.39, 0.29) is 35.7 Å². The normalized spacial score (nSPS) is 22.9. The van der Waals surface area contributed by atoms with Gasteiger partial charge in [0.05, 0.1) is 6.20 Å². The molecule has 0 bridgehead atoms. The summed E-state index contributed by atoms with van der Waals surface area (Å²) < 4.78 is 31.2. The Morgan fingerprint density at radius 1 is 1.11 bits per heavy atom. The lowest BCUT2D eigenvalue weighted by atomic mass is 9.65. The van der Waals surface area contributed by atoms with Crippen LogP contribution in [0.3, 0.4) is 0 Å². The van der Waals surface area contributed by atoms with Gasteiger partial charge >= 0.3 is 5.97 Å². The molecule has 3 heterocycles. The van der Waals surface area contributed by atoms with Gasteiger partial charge in [-0.05, 0) is 77.3 Å². The standard InChI is InChI=1S/C28H31FN2O5/c1-25(2,3)36-24(33)14-23-31-28(16-34-23)19-12-17(13-21(32)20-8-7-18(29)15-30-20)6-9-22(19)35-26(4,5)27(28)10-11-27/h6-9,12,15H,10-11,13-14,16H2,1-5H3/t28-/m0/s1. The third-order valence-corrected chi connectivity index (χ3v) is 7.41. The summed E-state index contributed by atoms with van der Waals surface area (Å²) in [6, 6.07) is 8.30. The Morgan fingerprint density at radius 3 is 2.50 bits per heavy atom. The average molecular weight is 495 g/mol. The van der Waals surface area contributed by atoms with Crippen molar-refractivity contribution < 1.29 is 28.2 Å². The number of esters is 1. The summed E-state index contributed by atoms with van der Waals surface area (Å²) in [5, 5.41) is 0. The summed E-state index contributed by atoms with van der Waals surface area (Å²) in [5.74, 6) is -0.0338. The van der Waals surface area contributed by atoms with Crippen LogP contribution < -0.4 is 4.74 Å². The van der Waals surface area contributed by atoms with Gasteiger partial charge in [-0.1, -0.05) is 6.07 Å². The second kappa shape index (κ2) is 8.11. The Hall–Kier alpha value is -3.29. The van der Waals surface area contributed by atoms with E-state index >= 15 is 0 Å². The summed E-state index contributed by atoms with van der Waals surface area (Å²) in [6.45, 7) is 9.91. The molecule has 2 aromatic rings. The van der Waals surface area contributed by atoms with Crippen molar-refractivity contribution in [3.8, 4) is 5.75 Å². The molecule has 1 fully saturated rings. The number of hydrogen-bond acceptors (Lipinski definition) is 7. The van der Waals surface area contributed by atoms with Gasteiger partial charge in [-0.2, -0.15) is 0 Å². The number of carbonyl (C=O) groups is 2. The van der Waals surface area contributed by atoms with E-state index in [0.717, 1.165) is 30.2 Å². The Bertz CT molecular complexity index is 1260. The van der Waals surface area contributed by atoms with Crippen molar-refractivity contribution in [2.45, 2.75) is 77.0 Å². The number of nitrogens with zero attached hydrogens (tertiary/aromatic N) is 2. The van der Waals surface area contributed by atoms with Crippen LogP contribution in [0.2, 0.25) is 0 Å². The predicted octanol–water partition coefficient (Wildman–Crippen LogP) is 4.95.